The lowest BCUT2D eigenvalue weighted by molar-refractivity contribution is 0.0315. The van der Waals surface area contributed by atoms with E-state index in [1.807, 2.05) is 13.0 Å². The van der Waals surface area contributed by atoms with Crippen LogP contribution in [0.3, 0.4) is 0 Å². The predicted molar refractivity (Wildman–Crippen MR) is 107 cm³/mol. The molecule has 0 bridgehead atoms. The number of hydrogen-bond donors (Lipinski definition) is 0. The largest absolute Gasteiger partial charge is 0.450 e. The van der Waals surface area contributed by atoms with Crippen LogP contribution in [0.15, 0.2) is 70.4 Å². The molecular weight excluding hydrogens is 356 g/mol. The van der Waals surface area contributed by atoms with E-state index in [9.17, 15) is 14.4 Å². The molecule has 0 unspecified atom stereocenters. The SMILES string of the molecule is C=CCc1cccc2cc(C(=O)O[C@H](C)C(=O)c3ccc(C)cc3)c(=O)oc12. The van der Waals surface area contributed by atoms with Gasteiger partial charge in [0, 0.05) is 10.9 Å². The third-order valence-corrected chi connectivity index (χ3v) is 4.41. The van der Waals surface area contributed by atoms with Crippen molar-refractivity contribution in [1.82, 2.24) is 0 Å². The number of carbonyl (C=O) groups excluding carboxylic acids is 2. The lowest BCUT2D eigenvalue weighted by atomic mass is 10.1. The van der Waals surface area contributed by atoms with Crippen molar-refractivity contribution in [2.24, 2.45) is 0 Å². The van der Waals surface area contributed by atoms with Crippen LogP contribution in [0.5, 0.6) is 0 Å². The molecule has 142 valence electrons. The van der Waals surface area contributed by atoms with Crippen LogP contribution in [0.25, 0.3) is 11.0 Å². The van der Waals surface area contributed by atoms with Gasteiger partial charge in [-0.3, -0.25) is 4.79 Å². The zero-order valence-electron chi connectivity index (χ0n) is 15.7. The van der Waals surface area contributed by atoms with Gasteiger partial charge in [0.2, 0.25) is 5.78 Å². The number of rotatable bonds is 6. The fourth-order valence-corrected chi connectivity index (χ4v) is 2.89. The van der Waals surface area contributed by atoms with Crippen LogP contribution in [-0.2, 0) is 11.2 Å². The molecule has 1 atom stereocenters. The van der Waals surface area contributed by atoms with Crippen molar-refractivity contribution >= 4 is 22.7 Å². The number of ketones is 1. The lowest BCUT2D eigenvalue weighted by Crippen LogP contribution is -2.27. The molecule has 28 heavy (non-hydrogen) atoms. The molecule has 0 aliphatic rings. The van der Waals surface area contributed by atoms with E-state index < -0.39 is 17.7 Å². The number of carbonyl (C=O) groups is 2. The van der Waals surface area contributed by atoms with E-state index in [4.69, 9.17) is 9.15 Å². The van der Waals surface area contributed by atoms with Crippen LogP contribution in [-0.4, -0.2) is 17.9 Å². The molecule has 0 aliphatic heterocycles. The Labute approximate surface area is 162 Å². The first-order valence-corrected chi connectivity index (χ1v) is 8.89. The highest BCUT2D eigenvalue weighted by atomic mass is 16.5. The van der Waals surface area contributed by atoms with Crippen LogP contribution in [0, 0.1) is 6.92 Å². The van der Waals surface area contributed by atoms with Gasteiger partial charge in [-0.15, -0.1) is 6.58 Å². The summed E-state index contributed by atoms with van der Waals surface area (Å²) in [7, 11) is 0. The average Bonchev–Trinajstić information content (AvgIpc) is 2.68. The van der Waals surface area contributed by atoms with Crippen LogP contribution in [0.2, 0.25) is 0 Å². The van der Waals surface area contributed by atoms with Crippen molar-refractivity contribution in [2.75, 3.05) is 0 Å². The van der Waals surface area contributed by atoms with E-state index in [1.54, 1.807) is 42.5 Å². The average molecular weight is 376 g/mol. The zero-order chi connectivity index (χ0) is 20.3. The van der Waals surface area contributed by atoms with Crippen molar-refractivity contribution < 1.29 is 18.7 Å². The number of hydrogen-bond acceptors (Lipinski definition) is 5. The number of allylic oxidation sites excluding steroid dienone is 1. The Bertz CT molecular complexity index is 1110. The third-order valence-electron chi connectivity index (χ3n) is 4.41. The first kappa shape index (κ1) is 19.3. The molecule has 3 rings (SSSR count). The number of para-hydroxylation sites is 1. The molecule has 0 amide bonds. The van der Waals surface area contributed by atoms with Gasteiger partial charge in [-0.25, -0.2) is 9.59 Å². The minimum Gasteiger partial charge on any atom is -0.450 e. The summed E-state index contributed by atoms with van der Waals surface area (Å²) in [6.07, 6.45) is 1.21. The van der Waals surface area contributed by atoms with Gasteiger partial charge in [-0.05, 0) is 31.9 Å². The normalized spacial score (nSPS) is 11.8. The topological polar surface area (TPSA) is 73.6 Å². The molecule has 0 radical (unpaired) electrons. The van der Waals surface area contributed by atoms with Crippen LogP contribution < -0.4 is 5.63 Å². The number of Topliss-reactive ketones (excluding diaryl/α,β-unsaturated/α-hetero) is 1. The molecular formula is C23H20O5. The van der Waals surface area contributed by atoms with Gasteiger partial charge in [0.15, 0.2) is 6.10 Å². The summed E-state index contributed by atoms with van der Waals surface area (Å²) in [6, 6.07) is 13.8. The van der Waals surface area contributed by atoms with Crippen molar-refractivity contribution in [1.29, 1.82) is 0 Å². The van der Waals surface area contributed by atoms with E-state index in [1.165, 1.54) is 13.0 Å². The Hall–Kier alpha value is -3.47. The van der Waals surface area contributed by atoms with Crippen molar-refractivity contribution in [2.45, 2.75) is 26.4 Å². The van der Waals surface area contributed by atoms with E-state index in [0.717, 1.165) is 11.1 Å². The molecule has 0 aliphatic carbocycles. The molecule has 2 aromatic carbocycles. The number of benzene rings is 2. The summed E-state index contributed by atoms with van der Waals surface area (Å²) in [5.74, 6) is -1.23. The highest BCUT2D eigenvalue weighted by Crippen LogP contribution is 2.20. The maximum absolute atomic E-state index is 12.5. The highest BCUT2D eigenvalue weighted by molar-refractivity contribution is 6.01. The summed E-state index contributed by atoms with van der Waals surface area (Å²) >= 11 is 0. The number of aryl methyl sites for hydroxylation is 1. The Kier molecular flexibility index (Phi) is 5.54. The molecule has 0 saturated heterocycles. The quantitative estimate of drug-likeness (QED) is 0.278. The maximum Gasteiger partial charge on any atom is 0.351 e. The first-order chi connectivity index (χ1) is 13.4. The van der Waals surface area contributed by atoms with Crippen molar-refractivity contribution in [3.63, 3.8) is 0 Å². The maximum atomic E-state index is 12.5. The summed E-state index contributed by atoms with van der Waals surface area (Å²) in [6.45, 7) is 7.08. The second kappa shape index (κ2) is 8.05. The highest BCUT2D eigenvalue weighted by Gasteiger charge is 2.23. The van der Waals surface area contributed by atoms with Crippen LogP contribution >= 0.6 is 0 Å². The summed E-state index contributed by atoms with van der Waals surface area (Å²) in [5.41, 5.74) is 1.62. The minimum absolute atomic E-state index is 0.244. The molecule has 3 aromatic rings. The molecule has 5 heteroatoms. The second-order valence-corrected chi connectivity index (χ2v) is 6.55. The Balaban J connectivity index is 1.85. The molecule has 0 saturated carbocycles. The predicted octanol–water partition coefficient (Wildman–Crippen LogP) is 4.26. The first-order valence-electron chi connectivity index (χ1n) is 8.89. The van der Waals surface area contributed by atoms with E-state index >= 15 is 0 Å². The van der Waals surface area contributed by atoms with Gasteiger partial charge in [0.1, 0.15) is 11.1 Å². The molecule has 1 aromatic heterocycles. The smallest absolute Gasteiger partial charge is 0.351 e. The van der Waals surface area contributed by atoms with Crippen molar-refractivity contribution in [3.05, 3.63) is 93.9 Å². The third kappa shape index (κ3) is 3.93. The minimum atomic E-state index is -1.03. The molecule has 1 heterocycles. The van der Waals surface area contributed by atoms with E-state index in [0.29, 0.717) is 23.0 Å². The fraction of sp³-hybridized carbons (Fsp3) is 0.174. The summed E-state index contributed by atoms with van der Waals surface area (Å²) in [5, 5.41) is 0.600. The van der Waals surface area contributed by atoms with Crippen LogP contribution in [0.1, 0.15) is 38.8 Å². The monoisotopic (exact) mass is 376 g/mol. The van der Waals surface area contributed by atoms with Crippen LogP contribution in [0.4, 0.5) is 0 Å². The van der Waals surface area contributed by atoms with Gasteiger partial charge in [0.05, 0.1) is 0 Å². The van der Waals surface area contributed by atoms with E-state index in [2.05, 4.69) is 6.58 Å². The number of fused-ring (bicyclic) bond motifs is 1. The Morgan fingerprint density at radius 1 is 1.18 bits per heavy atom. The Morgan fingerprint density at radius 3 is 2.57 bits per heavy atom. The van der Waals surface area contributed by atoms with Gasteiger partial charge >= 0.3 is 11.6 Å². The number of ether oxygens (including phenoxy) is 1. The zero-order valence-corrected chi connectivity index (χ0v) is 15.7. The summed E-state index contributed by atoms with van der Waals surface area (Å²) in [4.78, 5) is 37.2. The molecule has 0 spiro atoms. The number of esters is 1. The second-order valence-electron chi connectivity index (χ2n) is 6.55. The lowest BCUT2D eigenvalue weighted by Gasteiger charge is -2.12. The van der Waals surface area contributed by atoms with Gasteiger partial charge in [-0.2, -0.15) is 0 Å². The molecule has 0 N–H and O–H groups in total. The van der Waals surface area contributed by atoms with Crippen molar-refractivity contribution in [3.8, 4) is 0 Å². The summed E-state index contributed by atoms with van der Waals surface area (Å²) < 4.78 is 10.6. The molecule has 0 fully saturated rings. The fourth-order valence-electron chi connectivity index (χ4n) is 2.89. The standard InChI is InChI=1S/C23H20O5/c1-4-6-17-7-5-8-18-13-19(23(26)28-21(17)18)22(25)27-15(3)20(24)16-11-9-14(2)10-12-16/h4-5,7-13,15H,1,6H2,2-3H3/t15-/m1/s1. The Morgan fingerprint density at radius 2 is 1.89 bits per heavy atom. The van der Waals surface area contributed by atoms with Gasteiger partial charge < -0.3 is 9.15 Å². The van der Waals surface area contributed by atoms with Gasteiger partial charge in [0.25, 0.3) is 0 Å². The van der Waals surface area contributed by atoms with Gasteiger partial charge in [-0.1, -0.05) is 54.1 Å². The molecule has 5 nitrogen and oxygen atoms in total. The van der Waals surface area contributed by atoms with E-state index in [-0.39, 0.29) is 11.3 Å².